The summed E-state index contributed by atoms with van der Waals surface area (Å²) in [6.45, 7) is 6.43. The van der Waals surface area contributed by atoms with Gasteiger partial charge in [0.25, 0.3) is 0 Å². The van der Waals surface area contributed by atoms with Crippen LogP contribution < -0.4 is 0 Å². The number of hydrogen-bond donors (Lipinski definition) is 0. The lowest BCUT2D eigenvalue weighted by atomic mass is 10.1. The van der Waals surface area contributed by atoms with Gasteiger partial charge in [-0.25, -0.2) is 0 Å². The molecule has 6 heteroatoms. The van der Waals surface area contributed by atoms with Crippen molar-refractivity contribution in [2.75, 3.05) is 13.2 Å². The van der Waals surface area contributed by atoms with Crippen molar-refractivity contribution in [1.29, 1.82) is 0 Å². The Morgan fingerprint density at radius 1 is 0.350 bits per heavy atom. The molecule has 1 atom stereocenters. The number of unbranched alkanes of at least 4 members (excludes halogenated alkanes) is 26. The molecule has 0 fully saturated rings. The Morgan fingerprint density at radius 3 is 1.10 bits per heavy atom. The number of esters is 3. The van der Waals surface area contributed by atoms with Crippen molar-refractivity contribution in [1.82, 2.24) is 0 Å². The average Bonchev–Trinajstić information content (AvgIpc) is 3.24. The molecule has 0 saturated heterocycles. The molecule has 60 heavy (non-hydrogen) atoms. The van der Waals surface area contributed by atoms with Crippen LogP contribution in [0.4, 0.5) is 0 Å². The maximum Gasteiger partial charge on any atom is 0.306 e. The van der Waals surface area contributed by atoms with E-state index in [1.165, 1.54) is 103 Å². The van der Waals surface area contributed by atoms with Crippen LogP contribution in [0.25, 0.3) is 0 Å². The van der Waals surface area contributed by atoms with E-state index in [4.69, 9.17) is 14.2 Å². The Hall–Kier alpha value is -2.89. The van der Waals surface area contributed by atoms with Gasteiger partial charge in [-0.2, -0.15) is 0 Å². The molecule has 0 bridgehead atoms. The normalized spacial score (nSPS) is 12.5. The highest BCUT2D eigenvalue weighted by Crippen LogP contribution is 2.14. The Labute approximate surface area is 370 Å². The third-order valence-electron chi connectivity index (χ3n) is 10.8. The van der Waals surface area contributed by atoms with Gasteiger partial charge in [-0.15, -0.1) is 0 Å². The van der Waals surface area contributed by atoms with Crippen molar-refractivity contribution in [2.45, 2.75) is 252 Å². The summed E-state index contributed by atoms with van der Waals surface area (Å²) in [6.07, 6.45) is 59.3. The molecule has 0 saturated carbocycles. The van der Waals surface area contributed by atoms with Crippen LogP contribution in [0.1, 0.15) is 245 Å². The largest absolute Gasteiger partial charge is 0.462 e. The second-order valence-corrected chi connectivity index (χ2v) is 16.7. The monoisotopic (exact) mass is 839 g/mol. The van der Waals surface area contributed by atoms with Crippen LogP contribution in [-0.2, 0) is 28.6 Å². The number of rotatable bonds is 45. The first kappa shape index (κ1) is 57.1. The van der Waals surface area contributed by atoms with Crippen LogP contribution >= 0.6 is 0 Å². The second-order valence-electron chi connectivity index (χ2n) is 16.7. The summed E-state index contributed by atoms with van der Waals surface area (Å²) < 4.78 is 16.7. The molecule has 0 aliphatic carbocycles. The number of allylic oxidation sites excluding steroid dienone is 10. The molecule has 346 valence electrons. The van der Waals surface area contributed by atoms with Gasteiger partial charge in [0.05, 0.1) is 0 Å². The first-order chi connectivity index (χ1) is 29.5. The number of carbonyl (C=O) groups is 3. The molecule has 0 aromatic carbocycles. The molecule has 0 spiro atoms. The van der Waals surface area contributed by atoms with Gasteiger partial charge in [0.2, 0.25) is 0 Å². The van der Waals surface area contributed by atoms with E-state index in [-0.39, 0.29) is 31.1 Å². The van der Waals surface area contributed by atoms with Gasteiger partial charge in [0.1, 0.15) is 13.2 Å². The van der Waals surface area contributed by atoms with Crippen LogP contribution in [0.3, 0.4) is 0 Å². The SMILES string of the molecule is CC\C=C/C=C\C=C/CCCCCCCC(=O)OC(COC(=O)CCCCCC/C=C\CCCC)COC(=O)CCCCCCCCC/C=C\CCCCCCCCCC. The van der Waals surface area contributed by atoms with Gasteiger partial charge >= 0.3 is 17.9 Å². The standard InChI is InChI=1S/C54H94O6/c1-4-7-10-13-16-19-22-24-25-26-27-28-29-31-32-35-38-41-44-47-53(56)59-50-51(49-58-52(55)46-43-40-37-34-21-18-15-12-9-6-3)60-54(57)48-45-42-39-36-33-30-23-20-17-14-11-8-5-2/h8,11,14-15,17-18,20,23,26-27,51H,4-7,9-10,12-13,16,19,21-22,24-25,28-50H2,1-3H3/b11-8-,17-14-,18-15-,23-20-,27-26-. The Kier molecular flexibility index (Phi) is 46.4. The van der Waals surface area contributed by atoms with Gasteiger partial charge in [0.15, 0.2) is 6.10 Å². The molecule has 0 aromatic rings. The van der Waals surface area contributed by atoms with E-state index in [0.29, 0.717) is 19.3 Å². The molecule has 0 aliphatic heterocycles. The summed E-state index contributed by atoms with van der Waals surface area (Å²) in [5.41, 5.74) is 0. The minimum absolute atomic E-state index is 0.0885. The quantitative estimate of drug-likeness (QED) is 0.0200. The molecule has 6 nitrogen and oxygen atoms in total. The van der Waals surface area contributed by atoms with Gasteiger partial charge in [-0.1, -0.05) is 204 Å². The molecule has 0 rings (SSSR count). The molecule has 0 aliphatic rings. The summed E-state index contributed by atoms with van der Waals surface area (Å²) in [4.78, 5) is 37.8. The lowest BCUT2D eigenvalue weighted by Crippen LogP contribution is -2.30. The van der Waals surface area contributed by atoms with Crippen LogP contribution in [0.15, 0.2) is 60.8 Å². The van der Waals surface area contributed by atoms with Crippen molar-refractivity contribution in [3.63, 3.8) is 0 Å². The molecule has 1 unspecified atom stereocenters. The van der Waals surface area contributed by atoms with Crippen LogP contribution in [0.5, 0.6) is 0 Å². The lowest BCUT2D eigenvalue weighted by Gasteiger charge is -2.18. The fourth-order valence-corrected chi connectivity index (χ4v) is 6.95. The smallest absolute Gasteiger partial charge is 0.306 e. The van der Waals surface area contributed by atoms with Crippen LogP contribution in [0, 0.1) is 0 Å². The number of ether oxygens (including phenoxy) is 3. The molecule has 0 N–H and O–H groups in total. The second kappa shape index (κ2) is 48.8. The van der Waals surface area contributed by atoms with Gasteiger partial charge < -0.3 is 14.2 Å². The summed E-state index contributed by atoms with van der Waals surface area (Å²) in [5, 5.41) is 0. The Balaban J connectivity index is 4.34. The maximum absolute atomic E-state index is 12.7. The van der Waals surface area contributed by atoms with Gasteiger partial charge in [-0.3, -0.25) is 14.4 Å². The number of hydrogen-bond acceptors (Lipinski definition) is 6. The minimum atomic E-state index is -0.789. The molecule has 0 amide bonds. The first-order valence-corrected chi connectivity index (χ1v) is 25.3. The molecule has 0 aromatic heterocycles. The zero-order valence-corrected chi connectivity index (χ0v) is 39.5. The summed E-state index contributed by atoms with van der Waals surface area (Å²) in [5.74, 6) is -0.926. The maximum atomic E-state index is 12.7. The third kappa shape index (κ3) is 46.2. The highest BCUT2D eigenvalue weighted by atomic mass is 16.6. The lowest BCUT2D eigenvalue weighted by molar-refractivity contribution is -0.167. The zero-order chi connectivity index (χ0) is 43.7. The van der Waals surface area contributed by atoms with Crippen molar-refractivity contribution < 1.29 is 28.6 Å². The highest BCUT2D eigenvalue weighted by Gasteiger charge is 2.19. The summed E-state index contributed by atoms with van der Waals surface area (Å²) >= 11 is 0. The van der Waals surface area contributed by atoms with E-state index in [0.717, 1.165) is 103 Å². The predicted molar refractivity (Wildman–Crippen MR) is 256 cm³/mol. The van der Waals surface area contributed by atoms with Crippen molar-refractivity contribution in [3.05, 3.63) is 60.8 Å². The minimum Gasteiger partial charge on any atom is -0.462 e. The predicted octanol–water partition coefficient (Wildman–Crippen LogP) is 16.5. The third-order valence-corrected chi connectivity index (χ3v) is 10.8. The zero-order valence-electron chi connectivity index (χ0n) is 39.5. The Morgan fingerprint density at radius 2 is 0.683 bits per heavy atom. The van der Waals surface area contributed by atoms with Gasteiger partial charge in [0, 0.05) is 19.3 Å². The van der Waals surface area contributed by atoms with E-state index in [1.54, 1.807) is 0 Å². The van der Waals surface area contributed by atoms with E-state index >= 15 is 0 Å². The van der Waals surface area contributed by atoms with Crippen molar-refractivity contribution >= 4 is 17.9 Å². The van der Waals surface area contributed by atoms with Gasteiger partial charge in [-0.05, 0) is 83.5 Å². The van der Waals surface area contributed by atoms with Crippen LogP contribution in [0.2, 0.25) is 0 Å². The topological polar surface area (TPSA) is 78.9 Å². The number of carbonyl (C=O) groups excluding carboxylic acids is 3. The fourth-order valence-electron chi connectivity index (χ4n) is 6.95. The molecular formula is C54H94O6. The molecule has 0 radical (unpaired) electrons. The van der Waals surface area contributed by atoms with E-state index < -0.39 is 6.10 Å². The van der Waals surface area contributed by atoms with Crippen LogP contribution in [-0.4, -0.2) is 37.2 Å². The summed E-state index contributed by atoms with van der Waals surface area (Å²) in [6, 6.07) is 0. The van der Waals surface area contributed by atoms with Crippen molar-refractivity contribution in [3.8, 4) is 0 Å². The summed E-state index contributed by atoms with van der Waals surface area (Å²) in [7, 11) is 0. The first-order valence-electron chi connectivity index (χ1n) is 25.3. The fraction of sp³-hybridized carbons (Fsp3) is 0.759. The van der Waals surface area contributed by atoms with E-state index in [9.17, 15) is 14.4 Å². The molecule has 0 heterocycles. The highest BCUT2D eigenvalue weighted by molar-refractivity contribution is 5.71. The van der Waals surface area contributed by atoms with Crippen molar-refractivity contribution in [2.24, 2.45) is 0 Å². The van der Waals surface area contributed by atoms with E-state index in [2.05, 4.69) is 81.5 Å². The molecular weight excluding hydrogens is 745 g/mol. The average molecular weight is 839 g/mol. The Bertz CT molecular complexity index is 1100. The van der Waals surface area contributed by atoms with E-state index in [1.807, 2.05) is 0 Å².